The molecule has 0 bridgehead atoms. The highest BCUT2D eigenvalue weighted by Gasteiger charge is 2.46. The van der Waals surface area contributed by atoms with Crippen molar-refractivity contribution in [1.29, 1.82) is 0 Å². The lowest BCUT2D eigenvalue weighted by Gasteiger charge is -2.33. The van der Waals surface area contributed by atoms with Gasteiger partial charge in [-0.3, -0.25) is 0 Å². The van der Waals surface area contributed by atoms with E-state index in [0.717, 1.165) is 6.61 Å². The van der Waals surface area contributed by atoms with Gasteiger partial charge < -0.3 is 39.7 Å². The summed E-state index contributed by atoms with van der Waals surface area (Å²) in [4.78, 5) is 0. The van der Waals surface area contributed by atoms with Crippen molar-refractivity contribution in [3.63, 3.8) is 0 Å². The molecule has 2 unspecified atom stereocenters. The molecule has 1 rings (SSSR count). The first-order chi connectivity index (χ1) is 13.6. The molecule has 1 heterocycles. The number of ether oxygens (including phenoxy) is 2. The van der Waals surface area contributed by atoms with Crippen LogP contribution < -0.4 is 0 Å². The van der Waals surface area contributed by atoms with Crippen LogP contribution in [0.3, 0.4) is 0 Å². The zero-order chi connectivity index (χ0) is 23.2. The summed E-state index contributed by atoms with van der Waals surface area (Å²) in [6, 6.07) is 0.526. The van der Waals surface area contributed by atoms with Gasteiger partial charge >= 0.3 is 40.2 Å². The molecule has 0 N–H and O–H groups in total. The largest absolute Gasteiger partial charge is 0.558 e. The lowest BCUT2D eigenvalue weighted by atomic mass is 10.5. The fourth-order valence-electron chi connectivity index (χ4n) is 2.45. The van der Waals surface area contributed by atoms with E-state index in [2.05, 4.69) is 0 Å². The van der Waals surface area contributed by atoms with Gasteiger partial charge in [-0.25, -0.2) is 0 Å². The molecule has 0 amide bonds. The SMILES string of the molecule is C[Si](C)(C)O[SiH2][Si](=O)[Si](=O)[Si](=O)[Si](=O)O[Si](C)(CCCOCC1CO1)O[Si](C)(C)C. The van der Waals surface area contributed by atoms with Crippen LogP contribution >= 0.6 is 0 Å². The summed E-state index contributed by atoms with van der Waals surface area (Å²) in [6.45, 7) is 15.5. The molecule has 17 heteroatoms. The highest BCUT2D eigenvalue weighted by Crippen LogP contribution is 2.22. The van der Waals surface area contributed by atoms with Crippen molar-refractivity contribution in [1.82, 2.24) is 0 Å². The van der Waals surface area contributed by atoms with E-state index in [-0.39, 0.29) is 6.10 Å². The minimum absolute atomic E-state index is 0.194. The van der Waals surface area contributed by atoms with E-state index in [9.17, 15) is 17.8 Å². The first-order valence-electron chi connectivity index (χ1n) is 10.0. The van der Waals surface area contributed by atoms with Crippen LogP contribution in [0.4, 0.5) is 0 Å². The van der Waals surface area contributed by atoms with Gasteiger partial charge in [-0.15, -0.1) is 0 Å². The fraction of sp³-hybridized carbons (Fsp3) is 1.00. The minimum atomic E-state index is -3.11. The predicted octanol–water partition coefficient (Wildman–Crippen LogP) is 0.584. The Hall–Kier alpha value is 0.575. The standard InChI is InChI=1S/C13H34O9Si8/c1-28(2,3)20-23-25(15)27(17)26(16)24(14)21-30(7,22-29(4,5)6)10-8-9-18-11-13-12-19-13/h13H,8-12,23H2,1-7H3. The van der Waals surface area contributed by atoms with Crippen LogP contribution in [-0.2, 0) is 39.7 Å². The molecule has 0 aromatic heterocycles. The zero-order valence-electron chi connectivity index (χ0n) is 19.0. The van der Waals surface area contributed by atoms with E-state index in [1.54, 1.807) is 6.55 Å². The summed E-state index contributed by atoms with van der Waals surface area (Å²) < 4.78 is 78.3. The highest BCUT2D eigenvalue weighted by atomic mass is 29.9. The van der Waals surface area contributed by atoms with Gasteiger partial charge in [-0.2, -0.15) is 0 Å². The van der Waals surface area contributed by atoms with Crippen LogP contribution in [0.5, 0.6) is 0 Å². The van der Waals surface area contributed by atoms with Crippen molar-refractivity contribution in [3.05, 3.63) is 0 Å². The van der Waals surface area contributed by atoms with Crippen LogP contribution in [-0.4, -0.2) is 92.0 Å². The quantitative estimate of drug-likeness (QED) is 0.152. The normalized spacial score (nSPS) is 18.8. The van der Waals surface area contributed by atoms with Crippen molar-refractivity contribution in [2.45, 2.75) is 64.4 Å². The topological polar surface area (TPSA) is 118 Å². The van der Waals surface area contributed by atoms with Crippen LogP contribution in [0.25, 0.3) is 0 Å². The Balaban J connectivity index is 2.65. The van der Waals surface area contributed by atoms with E-state index in [0.29, 0.717) is 25.7 Å². The van der Waals surface area contributed by atoms with E-state index >= 15 is 0 Å². The van der Waals surface area contributed by atoms with Crippen LogP contribution in [0.15, 0.2) is 0 Å². The third kappa shape index (κ3) is 12.6. The van der Waals surface area contributed by atoms with Crippen molar-refractivity contribution in [3.8, 4) is 0 Å². The second kappa shape index (κ2) is 12.2. The Morgan fingerprint density at radius 1 is 0.967 bits per heavy atom. The maximum Gasteiger partial charge on any atom is 0.533 e. The average Bonchev–Trinajstić information content (AvgIpc) is 3.39. The van der Waals surface area contributed by atoms with Crippen LogP contribution in [0.1, 0.15) is 6.42 Å². The first-order valence-corrected chi connectivity index (χ1v) is 30.8. The Kier molecular flexibility index (Phi) is 11.6. The van der Waals surface area contributed by atoms with Crippen molar-refractivity contribution >= 4 is 66.1 Å². The van der Waals surface area contributed by atoms with Gasteiger partial charge in [0.2, 0.25) is 9.28 Å². The molecule has 2 atom stereocenters. The van der Waals surface area contributed by atoms with Crippen molar-refractivity contribution in [2.24, 2.45) is 0 Å². The number of hydrogen-bond donors (Lipinski definition) is 0. The minimum Gasteiger partial charge on any atom is -0.558 e. The molecule has 0 radical (unpaired) electrons. The lowest BCUT2D eigenvalue weighted by molar-refractivity contribution is 0.116. The van der Waals surface area contributed by atoms with Gasteiger partial charge in [0.05, 0.1) is 13.2 Å². The van der Waals surface area contributed by atoms with Crippen molar-refractivity contribution < 1.29 is 39.7 Å². The second-order valence-electron chi connectivity index (χ2n) is 9.35. The molecule has 0 saturated carbocycles. The molecule has 1 fully saturated rings. The molecule has 0 aromatic rings. The third-order valence-corrected chi connectivity index (χ3v) is 42.2. The van der Waals surface area contributed by atoms with Gasteiger partial charge in [0.25, 0.3) is 0 Å². The zero-order valence-corrected chi connectivity index (χ0v) is 27.4. The van der Waals surface area contributed by atoms with Gasteiger partial charge in [0.15, 0.2) is 16.6 Å². The molecule has 1 aliphatic heterocycles. The first kappa shape index (κ1) is 28.6. The Bertz CT molecular complexity index is 658. The number of epoxide rings is 1. The van der Waals surface area contributed by atoms with Gasteiger partial charge in [-0.1, -0.05) is 0 Å². The summed E-state index contributed by atoms with van der Waals surface area (Å²) in [5.41, 5.74) is 0. The number of hydrogen-bond acceptors (Lipinski definition) is 9. The van der Waals surface area contributed by atoms with Gasteiger partial charge in [-0.05, 0) is 52.2 Å². The van der Waals surface area contributed by atoms with E-state index in [1.807, 2.05) is 39.3 Å². The molecule has 1 saturated heterocycles. The maximum absolute atomic E-state index is 12.7. The van der Waals surface area contributed by atoms with Crippen LogP contribution in [0, 0.1) is 0 Å². The molecule has 0 aromatic carbocycles. The molecule has 9 nitrogen and oxygen atoms in total. The summed E-state index contributed by atoms with van der Waals surface area (Å²) in [5, 5.41) is 0. The Morgan fingerprint density at radius 3 is 2.07 bits per heavy atom. The van der Waals surface area contributed by atoms with E-state index in [1.165, 1.54) is 0 Å². The number of rotatable bonds is 16. The molecule has 0 aliphatic carbocycles. The monoisotopic (exact) mass is 558 g/mol. The molecule has 172 valence electrons. The Labute approximate surface area is 189 Å². The average molecular weight is 559 g/mol. The lowest BCUT2D eigenvalue weighted by Crippen LogP contribution is -2.53. The van der Waals surface area contributed by atoms with E-state index in [4.69, 9.17) is 21.8 Å². The van der Waals surface area contributed by atoms with Crippen LogP contribution in [0.2, 0.25) is 51.9 Å². The summed E-state index contributed by atoms with van der Waals surface area (Å²) in [5.74, 6) is 0. The molecule has 30 heavy (non-hydrogen) atoms. The second-order valence-corrected chi connectivity index (χ2v) is 42.6. The van der Waals surface area contributed by atoms with Gasteiger partial charge in [0.1, 0.15) is 6.10 Å². The highest BCUT2D eigenvalue weighted by molar-refractivity contribution is 7.59. The predicted molar refractivity (Wildman–Crippen MR) is 126 cm³/mol. The summed E-state index contributed by atoms with van der Waals surface area (Å²) in [7, 11) is -20.1. The maximum atomic E-state index is 12.7. The Morgan fingerprint density at radius 2 is 1.57 bits per heavy atom. The molecular formula is C13H34O9Si8. The molecule has 0 spiro atoms. The van der Waals surface area contributed by atoms with Gasteiger partial charge in [0, 0.05) is 12.7 Å². The molecular weight excluding hydrogens is 525 g/mol. The van der Waals surface area contributed by atoms with Crippen molar-refractivity contribution in [2.75, 3.05) is 19.8 Å². The van der Waals surface area contributed by atoms with E-state index < -0.39 is 66.1 Å². The smallest absolute Gasteiger partial charge is 0.533 e. The molecule has 1 aliphatic rings. The summed E-state index contributed by atoms with van der Waals surface area (Å²) in [6.07, 6.45) is 0.845. The fourth-order valence-corrected chi connectivity index (χ4v) is 50.1. The third-order valence-electron chi connectivity index (χ3n) is 3.74. The summed E-state index contributed by atoms with van der Waals surface area (Å²) >= 11 is 0.